The number of aromatic amines is 1. The minimum Gasteiger partial charge on any atom is -0.408 e. The Morgan fingerprint density at radius 2 is 1.56 bits per heavy atom. The topological polar surface area (TPSA) is 46.0 Å². The SMILES string of the molecule is O=c1[nH]c2cc(C=C3c4ccccc4[C@H]4C[C@H]4c4ccccc43)ccc2o1. The van der Waals surface area contributed by atoms with Crippen LogP contribution in [0.3, 0.4) is 0 Å². The number of hydrogen-bond acceptors (Lipinski definition) is 2. The van der Waals surface area contributed by atoms with E-state index in [1.807, 2.05) is 18.2 Å². The lowest BCUT2D eigenvalue weighted by atomic mass is 9.90. The van der Waals surface area contributed by atoms with Crippen molar-refractivity contribution in [2.45, 2.75) is 18.3 Å². The molecule has 0 spiro atoms. The molecule has 2 aliphatic carbocycles. The van der Waals surface area contributed by atoms with Crippen molar-refractivity contribution >= 4 is 22.7 Å². The molecule has 3 nitrogen and oxygen atoms in total. The van der Waals surface area contributed by atoms with Crippen molar-refractivity contribution in [1.82, 2.24) is 4.98 Å². The van der Waals surface area contributed by atoms with Gasteiger partial charge < -0.3 is 4.42 Å². The Hall–Kier alpha value is -3.33. The lowest BCUT2D eigenvalue weighted by Gasteiger charge is -2.14. The average molecular weight is 351 g/mol. The molecule has 0 saturated heterocycles. The summed E-state index contributed by atoms with van der Waals surface area (Å²) < 4.78 is 5.13. The van der Waals surface area contributed by atoms with E-state index in [4.69, 9.17) is 4.42 Å². The van der Waals surface area contributed by atoms with Crippen molar-refractivity contribution in [3.63, 3.8) is 0 Å². The zero-order valence-electron chi connectivity index (χ0n) is 14.6. The molecule has 3 heteroatoms. The van der Waals surface area contributed by atoms with Crippen LogP contribution in [0.25, 0.3) is 22.7 Å². The number of oxazole rings is 1. The van der Waals surface area contributed by atoms with E-state index < -0.39 is 5.76 Å². The highest BCUT2D eigenvalue weighted by Gasteiger charge is 2.44. The lowest BCUT2D eigenvalue weighted by molar-refractivity contribution is 0.555. The highest BCUT2D eigenvalue weighted by Crippen LogP contribution is 2.60. The Labute approximate surface area is 156 Å². The summed E-state index contributed by atoms with van der Waals surface area (Å²) in [6.45, 7) is 0. The van der Waals surface area contributed by atoms with Gasteiger partial charge in [-0.15, -0.1) is 0 Å². The smallest absolute Gasteiger partial charge is 0.408 e. The second-order valence-electron chi connectivity index (χ2n) is 7.45. The van der Waals surface area contributed by atoms with Crippen molar-refractivity contribution in [2.75, 3.05) is 0 Å². The van der Waals surface area contributed by atoms with Crippen LogP contribution in [0.1, 0.15) is 46.1 Å². The first-order valence-corrected chi connectivity index (χ1v) is 9.31. The Bertz CT molecular complexity index is 1240. The van der Waals surface area contributed by atoms with Crippen LogP contribution < -0.4 is 5.76 Å². The summed E-state index contributed by atoms with van der Waals surface area (Å²) in [6.07, 6.45) is 3.47. The fourth-order valence-electron chi connectivity index (χ4n) is 4.54. The largest absolute Gasteiger partial charge is 0.417 e. The third-order valence-corrected chi connectivity index (χ3v) is 5.85. The molecule has 1 aromatic heterocycles. The Balaban J connectivity index is 1.61. The molecular formula is C24H17NO2. The molecule has 1 saturated carbocycles. The van der Waals surface area contributed by atoms with Crippen LogP contribution in [-0.4, -0.2) is 4.98 Å². The molecule has 27 heavy (non-hydrogen) atoms. The number of H-pyrrole nitrogens is 1. The molecule has 0 amide bonds. The molecule has 1 heterocycles. The van der Waals surface area contributed by atoms with Crippen LogP contribution in [0.5, 0.6) is 0 Å². The predicted octanol–water partition coefficient (Wildman–Crippen LogP) is 5.29. The maximum Gasteiger partial charge on any atom is 0.417 e. The third-order valence-electron chi connectivity index (χ3n) is 5.85. The van der Waals surface area contributed by atoms with E-state index >= 15 is 0 Å². The Morgan fingerprint density at radius 3 is 2.26 bits per heavy atom. The summed E-state index contributed by atoms with van der Waals surface area (Å²) >= 11 is 0. The van der Waals surface area contributed by atoms with Gasteiger partial charge >= 0.3 is 5.76 Å². The molecule has 1 fully saturated rings. The Morgan fingerprint density at radius 1 is 0.889 bits per heavy atom. The minimum atomic E-state index is -0.417. The summed E-state index contributed by atoms with van der Waals surface area (Å²) in [5.41, 5.74) is 9.14. The number of fused-ring (bicyclic) bond motifs is 6. The molecule has 2 aliphatic rings. The molecule has 2 atom stereocenters. The normalized spacial score (nSPS) is 21.4. The zero-order chi connectivity index (χ0) is 18.0. The van der Waals surface area contributed by atoms with Gasteiger partial charge in [-0.1, -0.05) is 54.6 Å². The second kappa shape index (κ2) is 5.34. The van der Waals surface area contributed by atoms with Crippen LogP contribution in [0.2, 0.25) is 0 Å². The van der Waals surface area contributed by atoms with Gasteiger partial charge in [0.25, 0.3) is 0 Å². The van der Waals surface area contributed by atoms with Gasteiger partial charge in [0.1, 0.15) is 0 Å². The first kappa shape index (κ1) is 14.8. The van der Waals surface area contributed by atoms with Crippen molar-refractivity contribution in [1.29, 1.82) is 0 Å². The van der Waals surface area contributed by atoms with E-state index in [2.05, 4.69) is 59.6 Å². The summed E-state index contributed by atoms with van der Waals surface area (Å²) in [5.74, 6) is 0.835. The third kappa shape index (κ3) is 2.25. The molecule has 1 N–H and O–H groups in total. The van der Waals surface area contributed by atoms with E-state index in [-0.39, 0.29) is 0 Å². The van der Waals surface area contributed by atoms with Gasteiger partial charge in [0.15, 0.2) is 5.58 Å². The summed E-state index contributed by atoms with van der Waals surface area (Å²) in [4.78, 5) is 14.2. The molecule has 0 unspecified atom stereocenters. The van der Waals surface area contributed by atoms with Gasteiger partial charge in [0, 0.05) is 0 Å². The van der Waals surface area contributed by atoms with Gasteiger partial charge in [-0.2, -0.15) is 0 Å². The summed E-state index contributed by atoms with van der Waals surface area (Å²) in [7, 11) is 0. The van der Waals surface area contributed by atoms with Gasteiger partial charge in [-0.25, -0.2) is 4.79 Å². The second-order valence-corrected chi connectivity index (χ2v) is 7.45. The predicted molar refractivity (Wildman–Crippen MR) is 107 cm³/mol. The quantitative estimate of drug-likeness (QED) is 0.506. The number of rotatable bonds is 1. The molecular weight excluding hydrogens is 334 g/mol. The number of aromatic nitrogens is 1. The van der Waals surface area contributed by atoms with E-state index in [1.54, 1.807) is 0 Å². The van der Waals surface area contributed by atoms with Crippen LogP contribution >= 0.6 is 0 Å². The van der Waals surface area contributed by atoms with Crippen molar-refractivity contribution in [3.8, 4) is 0 Å². The van der Waals surface area contributed by atoms with Crippen LogP contribution in [0.15, 0.2) is 75.9 Å². The van der Waals surface area contributed by atoms with Gasteiger partial charge in [-0.05, 0) is 69.9 Å². The standard InChI is InChI=1S/C24H17NO2/c26-24-25-22-12-14(9-10-23(22)27-24)11-19-15-5-1-3-7-17(15)20-13-21(20)18-8-4-2-6-16(18)19/h1-12,20-21H,13H2,(H,25,26)/t20-,21+. The molecule has 130 valence electrons. The highest BCUT2D eigenvalue weighted by molar-refractivity contribution is 5.96. The van der Waals surface area contributed by atoms with Gasteiger partial charge in [0.2, 0.25) is 0 Å². The number of nitrogens with one attached hydrogen (secondary N) is 1. The Kier molecular flexibility index (Phi) is 2.92. The van der Waals surface area contributed by atoms with Crippen LogP contribution in [0.4, 0.5) is 0 Å². The first-order chi connectivity index (χ1) is 13.3. The molecule has 6 rings (SSSR count). The van der Waals surface area contributed by atoms with Gasteiger partial charge in [-0.3, -0.25) is 4.98 Å². The number of benzene rings is 3. The molecule has 0 aliphatic heterocycles. The van der Waals surface area contributed by atoms with Crippen LogP contribution in [-0.2, 0) is 0 Å². The fourth-order valence-corrected chi connectivity index (χ4v) is 4.54. The average Bonchev–Trinajstić information content (AvgIpc) is 3.41. The van der Waals surface area contributed by atoms with E-state index in [0.29, 0.717) is 17.4 Å². The maximum absolute atomic E-state index is 11.5. The molecule has 4 aromatic rings. The fraction of sp³-hybridized carbons (Fsp3) is 0.125. The maximum atomic E-state index is 11.5. The van der Waals surface area contributed by atoms with E-state index in [9.17, 15) is 4.79 Å². The lowest BCUT2D eigenvalue weighted by Crippen LogP contribution is -1.94. The monoisotopic (exact) mass is 351 g/mol. The van der Waals surface area contributed by atoms with Gasteiger partial charge in [0.05, 0.1) is 5.52 Å². The van der Waals surface area contributed by atoms with E-state index in [0.717, 1.165) is 11.1 Å². The minimum absolute atomic E-state index is 0.417. The molecule has 0 bridgehead atoms. The van der Waals surface area contributed by atoms with E-state index in [1.165, 1.54) is 34.2 Å². The van der Waals surface area contributed by atoms with Crippen molar-refractivity contribution < 1.29 is 4.42 Å². The summed E-state index contributed by atoms with van der Waals surface area (Å²) in [5, 5.41) is 0. The highest BCUT2D eigenvalue weighted by atomic mass is 16.4. The van der Waals surface area contributed by atoms with Crippen LogP contribution in [0, 0.1) is 0 Å². The van der Waals surface area contributed by atoms with Crippen molar-refractivity contribution in [3.05, 3.63) is 105 Å². The summed E-state index contributed by atoms with van der Waals surface area (Å²) in [6, 6.07) is 23.4. The number of hydrogen-bond donors (Lipinski definition) is 1. The molecule has 3 aromatic carbocycles. The van der Waals surface area contributed by atoms with Crippen molar-refractivity contribution in [2.24, 2.45) is 0 Å². The molecule has 0 radical (unpaired) electrons. The first-order valence-electron chi connectivity index (χ1n) is 9.31. The zero-order valence-corrected chi connectivity index (χ0v) is 14.6.